The molecule has 0 amide bonds. The van der Waals surface area contributed by atoms with E-state index in [9.17, 15) is 0 Å². The Morgan fingerprint density at radius 2 is 2.13 bits per heavy atom. The zero-order valence-corrected chi connectivity index (χ0v) is 11.4. The number of hydrogen-bond acceptors (Lipinski definition) is 2. The molecule has 1 nitrogen and oxygen atoms in total. The van der Waals surface area contributed by atoms with Crippen LogP contribution >= 0.6 is 11.3 Å². The van der Waals surface area contributed by atoms with E-state index in [2.05, 4.69) is 51.4 Å². The van der Waals surface area contributed by atoms with E-state index in [0.29, 0.717) is 11.5 Å². The molecule has 0 bridgehead atoms. The van der Waals surface area contributed by atoms with E-state index in [4.69, 9.17) is 0 Å². The molecule has 0 aliphatic carbocycles. The first-order valence-corrected chi connectivity index (χ1v) is 6.63. The second-order valence-electron chi connectivity index (χ2n) is 4.98. The molecule has 0 saturated heterocycles. The molecule has 1 unspecified atom stereocenters. The van der Waals surface area contributed by atoms with E-state index >= 15 is 0 Å². The molecule has 0 aliphatic rings. The van der Waals surface area contributed by atoms with Gasteiger partial charge in [0.15, 0.2) is 0 Å². The average Bonchev–Trinajstić information content (AvgIpc) is 2.51. The molecular formula is C13H23NS. The van der Waals surface area contributed by atoms with Crippen LogP contribution in [-0.4, -0.2) is 12.6 Å². The molecule has 1 atom stereocenters. The van der Waals surface area contributed by atoms with Crippen molar-refractivity contribution in [1.29, 1.82) is 0 Å². The van der Waals surface area contributed by atoms with E-state index in [0.717, 1.165) is 6.54 Å². The number of thiophene rings is 1. The fraction of sp³-hybridized carbons (Fsp3) is 0.692. The third-order valence-corrected chi connectivity index (χ3v) is 4.23. The lowest BCUT2D eigenvalue weighted by atomic mass is 9.83. The summed E-state index contributed by atoms with van der Waals surface area (Å²) in [6.45, 7) is 12.4. The highest BCUT2D eigenvalue weighted by Crippen LogP contribution is 2.34. The van der Waals surface area contributed by atoms with Gasteiger partial charge in [-0.1, -0.05) is 20.8 Å². The highest BCUT2D eigenvalue weighted by atomic mass is 32.1. The van der Waals surface area contributed by atoms with Gasteiger partial charge in [-0.3, -0.25) is 0 Å². The van der Waals surface area contributed by atoms with Crippen molar-refractivity contribution in [3.63, 3.8) is 0 Å². The van der Waals surface area contributed by atoms with Crippen LogP contribution < -0.4 is 5.32 Å². The molecule has 0 saturated carbocycles. The van der Waals surface area contributed by atoms with Crippen LogP contribution in [0.4, 0.5) is 0 Å². The Morgan fingerprint density at radius 3 is 2.60 bits per heavy atom. The summed E-state index contributed by atoms with van der Waals surface area (Å²) in [7, 11) is 0. The summed E-state index contributed by atoms with van der Waals surface area (Å²) in [4.78, 5) is 1.53. The van der Waals surface area contributed by atoms with Crippen molar-refractivity contribution < 1.29 is 0 Å². The number of rotatable bonds is 5. The van der Waals surface area contributed by atoms with Crippen molar-refractivity contribution >= 4 is 11.3 Å². The van der Waals surface area contributed by atoms with E-state index in [-0.39, 0.29) is 0 Å². The van der Waals surface area contributed by atoms with Gasteiger partial charge in [-0.2, -0.15) is 0 Å². The van der Waals surface area contributed by atoms with Crippen LogP contribution in [0.3, 0.4) is 0 Å². The second-order valence-corrected chi connectivity index (χ2v) is 5.90. The molecule has 1 aromatic heterocycles. The maximum absolute atomic E-state index is 3.49. The molecule has 1 N–H and O–H groups in total. The standard InChI is InChI=1S/C13H23NS/c1-6-14-11(3)9-13(4,5)12-10(2)7-8-15-12/h7-8,11,14H,6,9H2,1-5H3. The summed E-state index contributed by atoms with van der Waals surface area (Å²) in [6, 6.07) is 2.81. The molecule has 1 heterocycles. The van der Waals surface area contributed by atoms with Gasteiger partial charge in [0.1, 0.15) is 0 Å². The van der Waals surface area contributed by atoms with Gasteiger partial charge in [-0.25, -0.2) is 0 Å². The fourth-order valence-electron chi connectivity index (χ4n) is 2.34. The summed E-state index contributed by atoms with van der Waals surface area (Å²) < 4.78 is 0. The molecule has 2 heteroatoms. The zero-order valence-electron chi connectivity index (χ0n) is 10.6. The molecule has 0 spiro atoms. The Hall–Kier alpha value is -0.340. The molecule has 0 aromatic carbocycles. The quantitative estimate of drug-likeness (QED) is 0.805. The second kappa shape index (κ2) is 5.13. The maximum atomic E-state index is 3.49. The highest BCUT2D eigenvalue weighted by Gasteiger charge is 2.25. The molecule has 0 aliphatic heterocycles. The fourth-order valence-corrected chi connectivity index (χ4v) is 3.41. The van der Waals surface area contributed by atoms with Crippen LogP contribution in [0.15, 0.2) is 11.4 Å². The third-order valence-electron chi connectivity index (χ3n) is 2.85. The van der Waals surface area contributed by atoms with Gasteiger partial charge >= 0.3 is 0 Å². The minimum atomic E-state index is 0.292. The molecule has 0 fully saturated rings. The van der Waals surface area contributed by atoms with Gasteiger partial charge < -0.3 is 5.32 Å². The first kappa shape index (κ1) is 12.7. The van der Waals surface area contributed by atoms with Crippen molar-refractivity contribution in [3.05, 3.63) is 21.9 Å². The van der Waals surface area contributed by atoms with Crippen molar-refractivity contribution in [1.82, 2.24) is 5.32 Å². The van der Waals surface area contributed by atoms with Gasteiger partial charge in [0, 0.05) is 16.3 Å². The van der Waals surface area contributed by atoms with Crippen molar-refractivity contribution in [2.24, 2.45) is 0 Å². The molecule has 15 heavy (non-hydrogen) atoms. The van der Waals surface area contributed by atoms with Crippen LogP contribution in [0.2, 0.25) is 0 Å². The predicted octanol–water partition coefficient (Wildman–Crippen LogP) is 3.72. The smallest absolute Gasteiger partial charge is 0.0131 e. The lowest BCUT2D eigenvalue weighted by molar-refractivity contribution is 0.398. The van der Waals surface area contributed by atoms with E-state index < -0.39 is 0 Å². The average molecular weight is 225 g/mol. The third kappa shape index (κ3) is 3.32. The summed E-state index contributed by atoms with van der Waals surface area (Å²) in [6.07, 6.45) is 1.20. The van der Waals surface area contributed by atoms with Crippen LogP contribution in [0.1, 0.15) is 44.6 Å². The van der Waals surface area contributed by atoms with Gasteiger partial charge in [-0.15, -0.1) is 11.3 Å². The van der Waals surface area contributed by atoms with Crippen LogP contribution in [0.5, 0.6) is 0 Å². The Kier molecular flexibility index (Phi) is 4.35. The Labute approximate surface area is 97.9 Å². The van der Waals surface area contributed by atoms with Crippen LogP contribution in [0.25, 0.3) is 0 Å². The van der Waals surface area contributed by atoms with Crippen molar-refractivity contribution in [3.8, 4) is 0 Å². The lowest BCUT2D eigenvalue weighted by Gasteiger charge is -2.28. The van der Waals surface area contributed by atoms with Gasteiger partial charge in [0.25, 0.3) is 0 Å². The number of aryl methyl sites for hydroxylation is 1. The van der Waals surface area contributed by atoms with E-state index in [1.54, 1.807) is 0 Å². The summed E-state index contributed by atoms with van der Waals surface area (Å²) in [5, 5.41) is 5.69. The monoisotopic (exact) mass is 225 g/mol. The molecule has 86 valence electrons. The first-order chi connectivity index (χ1) is 6.97. The van der Waals surface area contributed by atoms with Crippen LogP contribution in [0, 0.1) is 6.92 Å². The summed E-state index contributed by atoms with van der Waals surface area (Å²) in [5.41, 5.74) is 1.73. The first-order valence-electron chi connectivity index (χ1n) is 5.75. The van der Waals surface area contributed by atoms with Crippen molar-refractivity contribution in [2.45, 2.75) is 52.5 Å². The molecule has 1 aromatic rings. The Bertz CT molecular complexity index is 301. The number of hydrogen-bond donors (Lipinski definition) is 1. The minimum Gasteiger partial charge on any atom is -0.314 e. The normalized spacial score (nSPS) is 14.2. The van der Waals surface area contributed by atoms with Gasteiger partial charge in [0.2, 0.25) is 0 Å². The van der Waals surface area contributed by atoms with Crippen molar-refractivity contribution in [2.75, 3.05) is 6.54 Å². The topological polar surface area (TPSA) is 12.0 Å². The predicted molar refractivity (Wildman–Crippen MR) is 69.8 cm³/mol. The van der Waals surface area contributed by atoms with Crippen LogP contribution in [-0.2, 0) is 5.41 Å². The zero-order chi connectivity index (χ0) is 11.5. The largest absolute Gasteiger partial charge is 0.314 e. The van der Waals surface area contributed by atoms with Gasteiger partial charge in [0.05, 0.1) is 0 Å². The van der Waals surface area contributed by atoms with E-state index in [1.165, 1.54) is 16.9 Å². The molecule has 0 radical (unpaired) electrons. The summed E-state index contributed by atoms with van der Waals surface area (Å²) >= 11 is 1.89. The Balaban J connectivity index is 2.71. The summed E-state index contributed by atoms with van der Waals surface area (Å²) in [5.74, 6) is 0. The minimum absolute atomic E-state index is 0.292. The number of nitrogens with one attached hydrogen (secondary N) is 1. The molecular weight excluding hydrogens is 202 g/mol. The Morgan fingerprint density at radius 1 is 1.47 bits per heavy atom. The highest BCUT2D eigenvalue weighted by molar-refractivity contribution is 7.10. The van der Waals surface area contributed by atoms with E-state index in [1.807, 2.05) is 11.3 Å². The lowest BCUT2D eigenvalue weighted by Crippen LogP contribution is -2.32. The molecule has 1 rings (SSSR count). The van der Waals surface area contributed by atoms with Gasteiger partial charge in [-0.05, 0) is 43.8 Å². The maximum Gasteiger partial charge on any atom is 0.0131 e. The SMILES string of the molecule is CCNC(C)CC(C)(C)c1sccc1C.